The first-order valence-electron chi connectivity index (χ1n) is 7.07. The topological polar surface area (TPSA) is 32.5 Å². The van der Waals surface area contributed by atoms with Gasteiger partial charge in [-0.05, 0) is 39.8 Å². The summed E-state index contributed by atoms with van der Waals surface area (Å²) in [5.41, 5.74) is 1.10. The minimum Gasteiger partial charge on any atom is -0.361 e. The second kappa shape index (κ2) is 6.90. The van der Waals surface area contributed by atoms with E-state index in [1.165, 1.54) is 52.0 Å². The van der Waals surface area contributed by atoms with Crippen LogP contribution in [0.1, 0.15) is 30.7 Å². The van der Waals surface area contributed by atoms with Crippen LogP contribution in [0.2, 0.25) is 0 Å². The van der Waals surface area contributed by atoms with Crippen molar-refractivity contribution < 1.29 is 4.52 Å². The van der Waals surface area contributed by atoms with E-state index in [1.54, 1.807) is 0 Å². The van der Waals surface area contributed by atoms with E-state index >= 15 is 0 Å². The van der Waals surface area contributed by atoms with Crippen LogP contribution in [0.4, 0.5) is 0 Å². The monoisotopic (exact) mass is 251 g/mol. The molecule has 1 fully saturated rings. The standard InChI is InChI=1S/C14H25N3O/c1-13-12-14(15-18-13)6-4-3-5-7-17-10-8-16(2)9-11-17/h12H,3-11H2,1-2H3. The van der Waals surface area contributed by atoms with Gasteiger partial charge in [-0.15, -0.1) is 0 Å². The van der Waals surface area contributed by atoms with Gasteiger partial charge in [-0.25, -0.2) is 0 Å². The fraction of sp³-hybridized carbons (Fsp3) is 0.786. The molecule has 0 bridgehead atoms. The Hall–Kier alpha value is -0.870. The molecular formula is C14H25N3O. The summed E-state index contributed by atoms with van der Waals surface area (Å²) in [6.45, 7) is 8.12. The van der Waals surface area contributed by atoms with Gasteiger partial charge in [0.1, 0.15) is 5.76 Å². The molecule has 1 aliphatic heterocycles. The van der Waals surface area contributed by atoms with Crippen molar-refractivity contribution in [3.63, 3.8) is 0 Å². The Morgan fingerprint density at radius 3 is 2.61 bits per heavy atom. The van der Waals surface area contributed by atoms with Crippen LogP contribution in [0.15, 0.2) is 10.6 Å². The van der Waals surface area contributed by atoms with Crippen molar-refractivity contribution in [2.75, 3.05) is 39.8 Å². The minimum atomic E-state index is 0.919. The summed E-state index contributed by atoms with van der Waals surface area (Å²) in [4.78, 5) is 4.99. The molecule has 1 aliphatic rings. The lowest BCUT2D eigenvalue weighted by molar-refractivity contribution is 0.152. The molecule has 4 nitrogen and oxygen atoms in total. The summed E-state index contributed by atoms with van der Waals surface area (Å²) in [5, 5.41) is 4.02. The molecule has 4 heteroatoms. The summed E-state index contributed by atoms with van der Waals surface area (Å²) < 4.78 is 5.06. The molecule has 0 aromatic carbocycles. The average molecular weight is 251 g/mol. The lowest BCUT2D eigenvalue weighted by atomic mass is 10.1. The first kappa shape index (κ1) is 13.6. The van der Waals surface area contributed by atoms with Gasteiger partial charge in [0.05, 0.1) is 5.69 Å². The predicted octanol–water partition coefficient (Wildman–Crippen LogP) is 1.94. The number of aromatic nitrogens is 1. The van der Waals surface area contributed by atoms with E-state index in [2.05, 4.69) is 22.0 Å². The Morgan fingerprint density at radius 2 is 1.94 bits per heavy atom. The fourth-order valence-electron chi connectivity index (χ4n) is 2.43. The van der Waals surface area contributed by atoms with Crippen LogP contribution in [0, 0.1) is 6.92 Å². The van der Waals surface area contributed by atoms with E-state index in [0.29, 0.717) is 0 Å². The van der Waals surface area contributed by atoms with Crippen LogP contribution < -0.4 is 0 Å². The van der Waals surface area contributed by atoms with Gasteiger partial charge in [0.15, 0.2) is 0 Å². The number of hydrogen-bond acceptors (Lipinski definition) is 4. The molecule has 0 atom stereocenters. The summed E-state index contributed by atoms with van der Waals surface area (Å²) in [5.74, 6) is 0.919. The highest BCUT2D eigenvalue weighted by atomic mass is 16.5. The second-order valence-corrected chi connectivity index (χ2v) is 5.38. The zero-order valence-corrected chi connectivity index (χ0v) is 11.7. The highest BCUT2D eigenvalue weighted by Gasteiger charge is 2.12. The molecule has 1 saturated heterocycles. The quantitative estimate of drug-likeness (QED) is 0.723. The van der Waals surface area contributed by atoms with Gasteiger partial charge in [0.2, 0.25) is 0 Å². The molecule has 0 aliphatic carbocycles. The van der Waals surface area contributed by atoms with Crippen molar-refractivity contribution in [1.82, 2.24) is 15.0 Å². The molecule has 0 unspecified atom stereocenters. The van der Waals surface area contributed by atoms with Crippen molar-refractivity contribution in [3.8, 4) is 0 Å². The Morgan fingerprint density at radius 1 is 1.17 bits per heavy atom. The molecule has 18 heavy (non-hydrogen) atoms. The Bertz CT molecular complexity index is 343. The van der Waals surface area contributed by atoms with Crippen molar-refractivity contribution in [3.05, 3.63) is 17.5 Å². The van der Waals surface area contributed by atoms with Gasteiger partial charge < -0.3 is 14.3 Å². The van der Waals surface area contributed by atoms with Crippen molar-refractivity contribution in [2.24, 2.45) is 0 Å². The van der Waals surface area contributed by atoms with E-state index in [1.807, 2.05) is 13.0 Å². The van der Waals surface area contributed by atoms with Crippen LogP contribution in [0.5, 0.6) is 0 Å². The zero-order valence-electron chi connectivity index (χ0n) is 11.7. The predicted molar refractivity (Wildman–Crippen MR) is 72.7 cm³/mol. The molecule has 0 N–H and O–H groups in total. The summed E-state index contributed by atoms with van der Waals surface area (Å²) in [6, 6.07) is 2.04. The van der Waals surface area contributed by atoms with E-state index in [9.17, 15) is 0 Å². The maximum atomic E-state index is 5.06. The average Bonchev–Trinajstić information content (AvgIpc) is 2.77. The van der Waals surface area contributed by atoms with Gasteiger partial charge in [0, 0.05) is 32.2 Å². The Balaban J connectivity index is 1.51. The van der Waals surface area contributed by atoms with Gasteiger partial charge in [-0.2, -0.15) is 0 Å². The molecule has 1 aromatic heterocycles. The lowest BCUT2D eigenvalue weighted by Gasteiger charge is -2.32. The minimum absolute atomic E-state index is 0.919. The summed E-state index contributed by atoms with van der Waals surface area (Å²) >= 11 is 0. The summed E-state index contributed by atoms with van der Waals surface area (Å²) in [7, 11) is 2.21. The summed E-state index contributed by atoms with van der Waals surface area (Å²) in [6.07, 6.45) is 4.87. The van der Waals surface area contributed by atoms with Gasteiger partial charge in [-0.1, -0.05) is 11.6 Å². The van der Waals surface area contributed by atoms with Gasteiger partial charge in [0.25, 0.3) is 0 Å². The lowest BCUT2D eigenvalue weighted by Crippen LogP contribution is -2.44. The van der Waals surface area contributed by atoms with Crippen LogP contribution in [-0.4, -0.2) is 54.7 Å². The second-order valence-electron chi connectivity index (χ2n) is 5.38. The maximum Gasteiger partial charge on any atom is 0.133 e. The Labute approximate surface area is 110 Å². The molecule has 0 radical (unpaired) electrons. The molecule has 0 saturated carbocycles. The van der Waals surface area contributed by atoms with E-state index in [0.717, 1.165) is 17.9 Å². The third kappa shape index (κ3) is 4.42. The van der Waals surface area contributed by atoms with Crippen LogP contribution in [0.3, 0.4) is 0 Å². The molecule has 2 rings (SSSR count). The SMILES string of the molecule is Cc1cc(CCCCCN2CCN(C)CC2)no1. The normalized spacial score (nSPS) is 18.3. The number of rotatable bonds is 6. The van der Waals surface area contributed by atoms with E-state index < -0.39 is 0 Å². The van der Waals surface area contributed by atoms with Gasteiger partial charge >= 0.3 is 0 Å². The van der Waals surface area contributed by atoms with Gasteiger partial charge in [-0.3, -0.25) is 0 Å². The molecule has 102 valence electrons. The molecule has 0 spiro atoms. The molecule has 1 aromatic rings. The van der Waals surface area contributed by atoms with E-state index in [4.69, 9.17) is 4.52 Å². The molecular weight excluding hydrogens is 226 g/mol. The number of unbranched alkanes of at least 4 members (excludes halogenated alkanes) is 2. The first-order chi connectivity index (χ1) is 8.74. The number of nitrogens with zero attached hydrogens (tertiary/aromatic N) is 3. The largest absolute Gasteiger partial charge is 0.361 e. The van der Waals surface area contributed by atoms with Crippen LogP contribution >= 0.6 is 0 Å². The third-order valence-electron chi connectivity index (χ3n) is 3.68. The maximum absolute atomic E-state index is 5.06. The number of likely N-dealkylation sites (N-methyl/N-ethyl adjacent to an activating group) is 1. The third-order valence-corrected chi connectivity index (χ3v) is 3.68. The van der Waals surface area contributed by atoms with E-state index in [-0.39, 0.29) is 0 Å². The van der Waals surface area contributed by atoms with Crippen LogP contribution in [-0.2, 0) is 6.42 Å². The smallest absolute Gasteiger partial charge is 0.133 e. The fourth-order valence-corrected chi connectivity index (χ4v) is 2.43. The van der Waals surface area contributed by atoms with Crippen molar-refractivity contribution >= 4 is 0 Å². The highest BCUT2D eigenvalue weighted by molar-refractivity contribution is 5.03. The van der Waals surface area contributed by atoms with Crippen molar-refractivity contribution in [1.29, 1.82) is 0 Å². The van der Waals surface area contributed by atoms with Crippen LogP contribution in [0.25, 0.3) is 0 Å². The molecule has 2 heterocycles. The Kier molecular flexibility index (Phi) is 5.20. The number of hydrogen-bond donors (Lipinski definition) is 0. The highest BCUT2D eigenvalue weighted by Crippen LogP contribution is 2.08. The number of piperazine rings is 1. The zero-order chi connectivity index (χ0) is 12.8. The van der Waals surface area contributed by atoms with Crippen molar-refractivity contribution in [2.45, 2.75) is 32.6 Å². The number of aryl methyl sites for hydroxylation is 2. The first-order valence-corrected chi connectivity index (χ1v) is 7.07. The molecule has 0 amide bonds.